The van der Waals surface area contributed by atoms with E-state index in [2.05, 4.69) is 56.1 Å². The Bertz CT molecular complexity index is 396. The van der Waals surface area contributed by atoms with Crippen molar-refractivity contribution in [1.82, 2.24) is 5.32 Å². The lowest BCUT2D eigenvalue weighted by molar-refractivity contribution is 0.314. The molecule has 0 atom stereocenters. The molecule has 1 saturated carbocycles. The summed E-state index contributed by atoms with van der Waals surface area (Å²) < 4.78 is 0. The van der Waals surface area contributed by atoms with E-state index < -0.39 is 8.07 Å². The predicted octanol–water partition coefficient (Wildman–Crippen LogP) is 3.90. The highest BCUT2D eigenvalue weighted by molar-refractivity contribution is 6.88. The molecule has 0 radical (unpaired) electrons. The van der Waals surface area contributed by atoms with Crippen LogP contribution in [0.3, 0.4) is 0 Å². The van der Waals surface area contributed by atoms with E-state index in [1.165, 1.54) is 37.8 Å². The molecular weight excluding hydrogens is 246 g/mol. The average Bonchev–Trinajstić information content (AvgIpc) is 2.76. The first-order valence-electron chi connectivity index (χ1n) is 7.69. The van der Waals surface area contributed by atoms with Gasteiger partial charge in [0.15, 0.2) is 0 Å². The summed E-state index contributed by atoms with van der Waals surface area (Å²) >= 11 is 0. The van der Waals surface area contributed by atoms with Crippen molar-refractivity contribution in [2.45, 2.75) is 58.8 Å². The van der Waals surface area contributed by atoms with Gasteiger partial charge in [0.1, 0.15) is 0 Å². The van der Waals surface area contributed by atoms with E-state index in [0.717, 1.165) is 6.54 Å². The smallest absolute Gasteiger partial charge is 0.0775 e. The van der Waals surface area contributed by atoms with Gasteiger partial charge in [-0.25, -0.2) is 0 Å². The van der Waals surface area contributed by atoms with Crippen LogP contribution < -0.4 is 10.5 Å². The largest absolute Gasteiger partial charge is 0.312 e. The first-order valence-corrected chi connectivity index (χ1v) is 11.2. The minimum atomic E-state index is -1.14. The molecule has 0 aliphatic heterocycles. The van der Waals surface area contributed by atoms with E-state index in [-0.39, 0.29) is 0 Å². The fourth-order valence-electron chi connectivity index (χ4n) is 3.04. The van der Waals surface area contributed by atoms with Crippen molar-refractivity contribution < 1.29 is 0 Å². The Morgan fingerprint density at radius 2 is 1.63 bits per heavy atom. The molecule has 0 amide bonds. The molecule has 1 aromatic rings. The maximum atomic E-state index is 3.65. The Morgan fingerprint density at radius 3 is 2.16 bits per heavy atom. The number of hydrogen-bond donors (Lipinski definition) is 1. The third kappa shape index (κ3) is 4.18. The molecule has 0 heterocycles. The van der Waals surface area contributed by atoms with Crippen LogP contribution in [0.4, 0.5) is 0 Å². The normalized spacial score (nSPS) is 18.7. The standard InChI is InChI=1S/C17H29NSi/c1-17(11-5-6-12-17)14-18-13-15-7-9-16(10-8-15)19(2,3)4/h7-10,18H,5-6,11-14H2,1-4H3. The van der Waals surface area contributed by atoms with Crippen LogP contribution in [0.15, 0.2) is 24.3 Å². The number of hydrogen-bond acceptors (Lipinski definition) is 1. The first kappa shape index (κ1) is 14.8. The van der Waals surface area contributed by atoms with E-state index >= 15 is 0 Å². The van der Waals surface area contributed by atoms with Crippen LogP contribution in [0, 0.1) is 5.41 Å². The summed E-state index contributed by atoms with van der Waals surface area (Å²) in [6.07, 6.45) is 5.63. The molecule has 1 aliphatic rings. The lowest BCUT2D eigenvalue weighted by atomic mass is 9.89. The summed E-state index contributed by atoms with van der Waals surface area (Å²) in [5.41, 5.74) is 1.97. The second-order valence-corrected chi connectivity index (χ2v) is 12.6. The van der Waals surface area contributed by atoms with Gasteiger partial charge >= 0.3 is 0 Å². The van der Waals surface area contributed by atoms with E-state index in [9.17, 15) is 0 Å². The minimum Gasteiger partial charge on any atom is -0.312 e. The van der Waals surface area contributed by atoms with Gasteiger partial charge in [0.25, 0.3) is 0 Å². The lowest BCUT2D eigenvalue weighted by Crippen LogP contribution is -2.37. The monoisotopic (exact) mass is 275 g/mol. The van der Waals surface area contributed by atoms with E-state index in [1.54, 1.807) is 5.19 Å². The molecule has 2 rings (SSSR count). The Morgan fingerprint density at radius 1 is 1.05 bits per heavy atom. The second kappa shape index (κ2) is 5.80. The van der Waals surface area contributed by atoms with Gasteiger partial charge in [0, 0.05) is 13.1 Å². The summed E-state index contributed by atoms with van der Waals surface area (Å²) in [5, 5.41) is 5.21. The van der Waals surface area contributed by atoms with Crippen LogP contribution in [0.1, 0.15) is 38.2 Å². The van der Waals surface area contributed by atoms with Gasteiger partial charge in [0.2, 0.25) is 0 Å². The molecule has 1 aliphatic carbocycles. The molecule has 0 spiro atoms. The zero-order chi connectivity index (χ0) is 13.9. The quantitative estimate of drug-likeness (QED) is 0.804. The van der Waals surface area contributed by atoms with Gasteiger partial charge in [-0.1, -0.05) is 68.9 Å². The lowest BCUT2D eigenvalue weighted by Gasteiger charge is -2.24. The van der Waals surface area contributed by atoms with Gasteiger partial charge in [0.05, 0.1) is 8.07 Å². The average molecular weight is 276 g/mol. The van der Waals surface area contributed by atoms with Crippen molar-refractivity contribution in [1.29, 1.82) is 0 Å². The minimum absolute atomic E-state index is 0.554. The zero-order valence-corrected chi connectivity index (χ0v) is 14.1. The first-order chi connectivity index (χ1) is 8.89. The predicted molar refractivity (Wildman–Crippen MR) is 87.7 cm³/mol. The van der Waals surface area contributed by atoms with Gasteiger partial charge in [-0.15, -0.1) is 0 Å². The highest BCUT2D eigenvalue weighted by Gasteiger charge is 2.27. The van der Waals surface area contributed by atoms with Crippen molar-refractivity contribution in [3.63, 3.8) is 0 Å². The maximum Gasteiger partial charge on any atom is 0.0775 e. The van der Waals surface area contributed by atoms with Crippen molar-refractivity contribution in [3.05, 3.63) is 29.8 Å². The van der Waals surface area contributed by atoms with E-state index in [1.807, 2.05) is 0 Å². The highest BCUT2D eigenvalue weighted by atomic mass is 28.3. The Kier molecular flexibility index (Phi) is 4.52. The molecule has 0 saturated heterocycles. The summed E-state index contributed by atoms with van der Waals surface area (Å²) in [5.74, 6) is 0. The van der Waals surface area contributed by atoms with Gasteiger partial charge in [-0.3, -0.25) is 0 Å². The number of rotatable bonds is 5. The molecule has 0 aromatic heterocycles. The van der Waals surface area contributed by atoms with Crippen LogP contribution >= 0.6 is 0 Å². The van der Waals surface area contributed by atoms with Gasteiger partial charge in [-0.05, 0) is 23.8 Å². The van der Waals surface area contributed by atoms with E-state index in [4.69, 9.17) is 0 Å². The van der Waals surface area contributed by atoms with Gasteiger partial charge < -0.3 is 5.32 Å². The fraction of sp³-hybridized carbons (Fsp3) is 0.647. The molecular formula is C17H29NSi. The third-order valence-electron chi connectivity index (χ3n) is 4.51. The summed E-state index contributed by atoms with van der Waals surface area (Å²) in [6.45, 7) is 11.8. The van der Waals surface area contributed by atoms with E-state index in [0.29, 0.717) is 5.41 Å². The molecule has 1 aromatic carbocycles. The van der Waals surface area contributed by atoms with Crippen molar-refractivity contribution in [2.75, 3.05) is 6.54 Å². The van der Waals surface area contributed by atoms with Crippen LogP contribution in [0.25, 0.3) is 0 Å². The second-order valence-electron chi connectivity index (χ2n) is 7.57. The van der Waals surface area contributed by atoms with Crippen molar-refractivity contribution in [2.24, 2.45) is 5.41 Å². The Labute approximate surface area is 119 Å². The zero-order valence-electron chi connectivity index (χ0n) is 13.1. The molecule has 0 unspecified atom stereocenters. The molecule has 106 valence electrons. The molecule has 1 fully saturated rings. The topological polar surface area (TPSA) is 12.0 Å². The molecule has 1 nitrogen and oxygen atoms in total. The summed E-state index contributed by atoms with van der Waals surface area (Å²) in [4.78, 5) is 0. The van der Waals surface area contributed by atoms with Crippen LogP contribution in [0.2, 0.25) is 19.6 Å². The number of nitrogens with one attached hydrogen (secondary N) is 1. The molecule has 19 heavy (non-hydrogen) atoms. The Balaban J connectivity index is 1.83. The van der Waals surface area contributed by atoms with Crippen LogP contribution in [-0.4, -0.2) is 14.6 Å². The van der Waals surface area contributed by atoms with Crippen molar-refractivity contribution in [3.8, 4) is 0 Å². The van der Waals surface area contributed by atoms with Crippen LogP contribution in [0.5, 0.6) is 0 Å². The number of benzene rings is 1. The summed E-state index contributed by atoms with van der Waals surface area (Å²) in [7, 11) is -1.14. The maximum absolute atomic E-state index is 3.65. The summed E-state index contributed by atoms with van der Waals surface area (Å²) in [6, 6.07) is 9.27. The van der Waals surface area contributed by atoms with Crippen LogP contribution in [-0.2, 0) is 6.54 Å². The molecule has 1 N–H and O–H groups in total. The molecule has 0 bridgehead atoms. The van der Waals surface area contributed by atoms with Crippen molar-refractivity contribution >= 4 is 13.3 Å². The highest BCUT2D eigenvalue weighted by Crippen LogP contribution is 2.36. The SMILES string of the molecule is CC1(CNCc2ccc([Si](C)(C)C)cc2)CCCC1. The fourth-order valence-corrected chi connectivity index (χ4v) is 4.20. The third-order valence-corrected chi connectivity index (χ3v) is 6.58. The molecule has 2 heteroatoms. The van der Waals surface area contributed by atoms with Gasteiger partial charge in [-0.2, -0.15) is 0 Å². The Hall–Kier alpha value is -0.603.